The summed E-state index contributed by atoms with van der Waals surface area (Å²) in [6.45, 7) is 0. The number of furan rings is 1. The van der Waals surface area contributed by atoms with Crippen LogP contribution in [0.4, 0.5) is 0 Å². The molecule has 0 unspecified atom stereocenters. The monoisotopic (exact) mass is 323 g/mol. The summed E-state index contributed by atoms with van der Waals surface area (Å²) < 4.78 is 41.9. The summed E-state index contributed by atoms with van der Waals surface area (Å²) in [6, 6.07) is 8.80. The maximum atomic E-state index is 11.9. The molecule has 1 aromatic carbocycles. The van der Waals surface area contributed by atoms with E-state index in [9.17, 15) is 17.8 Å². The summed E-state index contributed by atoms with van der Waals surface area (Å²) in [6.07, 6.45) is 1.07. The summed E-state index contributed by atoms with van der Waals surface area (Å²) in [4.78, 5) is 11.9. The maximum Gasteiger partial charge on any atom is 0.275 e. The molecule has 0 fully saturated rings. The van der Waals surface area contributed by atoms with Gasteiger partial charge in [0.05, 0.1) is 18.9 Å². The molecule has 1 aromatic heterocycles. The number of hydrogen-bond donors (Lipinski definition) is 1. The standard InChI is InChI=1S/C13H12N2O6S/c1-20-11-5-3-2-4-10(11)13(16)15-14-8-9-6-7-12(21-9)22(17,18)19/h2-8H,1H3,(H,15,16)(H,17,18,19)/p-1. The Morgan fingerprint density at radius 1 is 1.32 bits per heavy atom. The molecule has 1 heterocycles. The van der Waals surface area contributed by atoms with Gasteiger partial charge < -0.3 is 13.7 Å². The number of methoxy groups -OCH3 is 1. The van der Waals surface area contributed by atoms with Crippen molar-refractivity contribution in [2.75, 3.05) is 7.11 Å². The molecule has 22 heavy (non-hydrogen) atoms. The van der Waals surface area contributed by atoms with E-state index in [-0.39, 0.29) is 11.3 Å². The molecule has 2 rings (SSSR count). The SMILES string of the molecule is COc1ccccc1C(=O)NN=Cc1ccc(S(=O)(=O)[O-])o1. The second-order valence-electron chi connectivity index (χ2n) is 4.01. The van der Waals surface area contributed by atoms with Crippen molar-refractivity contribution in [2.45, 2.75) is 5.09 Å². The van der Waals surface area contributed by atoms with Gasteiger partial charge in [-0.1, -0.05) is 12.1 Å². The van der Waals surface area contributed by atoms with Crippen molar-refractivity contribution in [3.8, 4) is 5.75 Å². The van der Waals surface area contributed by atoms with Crippen LogP contribution in [0.3, 0.4) is 0 Å². The number of nitrogens with zero attached hydrogens (tertiary/aromatic N) is 1. The van der Waals surface area contributed by atoms with Crippen molar-refractivity contribution in [3.63, 3.8) is 0 Å². The number of carbonyl (C=O) groups is 1. The average Bonchev–Trinajstić information content (AvgIpc) is 2.96. The molecule has 0 radical (unpaired) electrons. The summed E-state index contributed by atoms with van der Waals surface area (Å²) in [7, 11) is -3.22. The summed E-state index contributed by atoms with van der Waals surface area (Å²) in [5.41, 5.74) is 2.51. The van der Waals surface area contributed by atoms with Crippen molar-refractivity contribution in [1.82, 2.24) is 5.43 Å². The average molecular weight is 323 g/mol. The second kappa shape index (κ2) is 6.41. The van der Waals surface area contributed by atoms with Crippen LogP contribution in [0.2, 0.25) is 0 Å². The smallest absolute Gasteiger partial charge is 0.275 e. The van der Waals surface area contributed by atoms with Gasteiger partial charge >= 0.3 is 0 Å². The molecule has 1 N–H and O–H groups in total. The van der Waals surface area contributed by atoms with Gasteiger partial charge in [0.15, 0.2) is 10.1 Å². The Hall–Kier alpha value is -2.65. The Bertz CT molecular complexity index is 809. The van der Waals surface area contributed by atoms with Crippen LogP contribution in [0.25, 0.3) is 0 Å². The summed E-state index contributed by atoms with van der Waals surface area (Å²) in [5.74, 6) is -0.125. The Labute approximate surface area is 126 Å². The molecule has 0 saturated carbocycles. The third-order valence-corrected chi connectivity index (χ3v) is 3.27. The molecule has 0 aliphatic heterocycles. The van der Waals surface area contributed by atoms with E-state index >= 15 is 0 Å². The maximum absolute atomic E-state index is 11.9. The van der Waals surface area contributed by atoms with Crippen molar-refractivity contribution in [2.24, 2.45) is 5.10 Å². The lowest BCUT2D eigenvalue weighted by Gasteiger charge is -2.05. The normalized spacial score (nSPS) is 11.5. The molecule has 0 spiro atoms. The molecule has 1 amide bonds. The number of ether oxygens (including phenoxy) is 1. The van der Waals surface area contributed by atoms with E-state index < -0.39 is 21.1 Å². The molecule has 0 atom stereocenters. The lowest BCUT2D eigenvalue weighted by molar-refractivity contribution is 0.0952. The Balaban J connectivity index is 2.06. The Morgan fingerprint density at radius 2 is 2.05 bits per heavy atom. The predicted molar refractivity (Wildman–Crippen MR) is 74.7 cm³/mol. The Kier molecular flexibility index (Phi) is 4.59. The topological polar surface area (TPSA) is 121 Å². The number of para-hydroxylation sites is 1. The molecule has 9 heteroatoms. The first kappa shape index (κ1) is 15.7. The third-order valence-electron chi connectivity index (χ3n) is 2.56. The highest BCUT2D eigenvalue weighted by Crippen LogP contribution is 2.16. The summed E-state index contributed by atoms with van der Waals surface area (Å²) >= 11 is 0. The number of nitrogens with one attached hydrogen (secondary N) is 1. The Morgan fingerprint density at radius 3 is 2.68 bits per heavy atom. The molecule has 8 nitrogen and oxygen atoms in total. The minimum Gasteiger partial charge on any atom is -0.742 e. The van der Waals surface area contributed by atoms with Gasteiger partial charge in [0, 0.05) is 0 Å². The predicted octanol–water partition coefficient (Wildman–Crippen LogP) is 0.956. The summed E-state index contributed by atoms with van der Waals surface area (Å²) in [5, 5.41) is 2.90. The molecule has 0 aliphatic rings. The van der Waals surface area contributed by atoms with E-state index in [0.29, 0.717) is 5.75 Å². The van der Waals surface area contributed by atoms with Crippen LogP contribution in [0.1, 0.15) is 16.1 Å². The van der Waals surface area contributed by atoms with E-state index in [1.54, 1.807) is 24.3 Å². The van der Waals surface area contributed by atoms with Crippen LogP contribution in [0, 0.1) is 0 Å². The molecule has 0 bridgehead atoms. The van der Waals surface area contributed by atoms with Gasteiger partial charge in [-0.25, -0.2) is 13.8 Å². The number of hydrogen-bond acceptors (Lipinski definition) is 7. The van der Waals surface area contributed by atoms with E-state index in [1.807, 2.05) is 0 Å². The van der Waals surface area contributed by atoms with Gasteiger partial charge in [-0.15, -0.1) is 0 Å². The van der Waals surface area contributed by atoms with Crippen LogP contribution in [-0.2, 0) is 10.1 Å². The zero-order chi connectivity index (χ0) is 16.2. The highest BCUT2D eigenvalue weighted by Gasteiger charge is 2.10. The minimum absolute atomic E-state index is 0.00903. The number of benzene rings is 1. The highest BCUT2D eigenvalue weighted by molar-refractivity contribution is 7.85. The molecule has 0 saturated heterocycles. The van der Waals surface area contributed by atoms with Crippen LogP contribution in [0.15, 0.2) is 51.0 Å². The number of hydrazone groups is 1. The zero-order valence-electron chi connectivity index (χ0n) is 11.3. The van der Waals surface area contributed by atoms with E-state index in [0.717, 1.165) is 12.3 Å². The number of amides is 1. The number of carbonyl (C=O) groups excluding carboxylic acids is 1. The first-order valence-electron chi connectivity index (χ1n) is 5.94. The zero-order valence-corrected chi connectivity index (χ0v) is 12.2. The van der Waals surface area contributed by atoms with Crippen LogP contribution in [-0.4, -0.2) is 32.2 Å². The molecule has 0 aliphatic carbocycles. The van der Waals surface area contributed by atoms with Gasteiger partial charge in [0.1, 0.15) is 11.5 Å². The van der Waals surface area contributed by atoms with Crippen LogP contribution < -0.4 is 10.2 Å². The van der Waals surface area contributed by atoms with Gasteiger partial charge in [-0.3, -0.25) is 4.79 Å². The molecule has 116 valence electrons. The minimum atomic E-state index is -4.66. The molecule has 2 aromatic rings. The highest BCUT2D eigenvalue weighted by atomic mass is 32.2. The van der Waals surface area contributed by atoms with Crippen molar-refractivity contribution >= 4 is 22.2 Å². The fraction of sp³-hybridized carbons (Fsp3) is 0.0769. The van der Waals surface area contributed by atoms with Gasteiger partial charge in [-0.05, 0) is 24.3 Å². The van der Waals surface area contributed by atoms with Gasteiger partial charge in [0.2, 0.25) is 5.09 Å². The molecular weight excluding hydrogens is 312 g/mol. The lowest BCUT2D eigenvalue weighted by Crippen LogP contribution is -2.18. The van der Waals surface area contributed by atoms with Crippen LogP contribution >= 0.6 is 0 Å². The first-order valence-corrected chi connectivity index (χ1v) is 7.35. The second-order valence-corrected chi connectivity index (χ2v) is 5.32. The number of rotatable bonds is 5. The van der Waals surface area contributed by atoms with Gasteiger partial charge in [0.25, 0.3) is 5.91 Å². The van der Waals surface area contributed by atoms with E-state index in [4.69, 9.17) is 9.15 Å². The third kappa shape index (κ3) is 3.71. The van der Waals surface area contributed by atoms with Crippen molar-refractivity contribution in [3.05, 3.63) is 47.7 Å². The van der Waals surface area contributed by atoms with Crippen LogP contribution in [0.5, 0.6) is 5.75 Å². The van der Waals surface area contributed by atoms with Gasteiger partial charge in [-0.2, -0.15) is 5.10 Å². The fourth-order valence-electron chi connectivity index (χ4n) is 1.59. The quantitative estimate of drug-likeness (QED) is 0.497. The molecular formula is C13H11N2O6S-. The first-order chi connectivity index (χ1) is 10.4. The van der Waals surface area contributed by atoms with Crippen molar-refractivity contribution < 1.29 is 26.9 Å². The van der Waals surface area contributed by atoms with E-state index in [1.165, 1.54) is 13.2 Å². The fourth-order valence-corrected chi connectivity index (χ4v) is 2.02. The van der Waals surface area contributed by atoms with E-state index in [2.05, 4.69) is 10.5 Å². The van der Waals surface area contributed by atoms with Crippen molar-refractivity contribution in [1.29, 1.82) is 0 Å². The largest absolute Gasteiger partial charge is 0.742 e. The lowest BCUT2D eigenvalue weighted by atomic mass is 10.2.